The lowest BCUT2D eigenvalue weighted by atomic mass is 9.93. The number of nitro groups is 1. The van der Waals surface area contributed by atoms with E-state index >= 15 is 0 Å². The number of hydrogen-bond donors (Lipinski definition) is 2. The van der Waals surface area contributed by atoms with Gasteiger partial charge in [0.1, 0.15) is 5.69 Å². The average Bonchev–Trinajstić information content (AvgIpc) is 2.46. The highest BCUT2D eigenvalue weighted by Gasteiger charge is 2.17. The molecule has 0 aliphatic carbocycles. The molecule has 0 aromatic heterocycles. The molecule has 0 radical (unpaired) electrons. The van der Waals surface area contributed by atoms with Crippen LogP contribution in [0.25, 0.3) is 0 Å². The van der Waals surface area contributed by atoms with Crippen LogP contribution in [-0.2, 0) is 4.79 Å². The monoisotopic (exact) mass is 277 g/mol. The van der Waals surface area contributed by atoms with E-state index in [9.17, 15) is 14.9 Å². The SMILES string of the molecule is O=C(CCC1CCNCC1)Nc1ccccc1[N+](=O)[O-]. The van der Waals surface area contributed by atoms with Gasteiger partial charge in [0, 0.05) is 12.5 Å². The van der Waals surface area contributed by atoms with E-state index in [0.29, 0.717) is 12.3 Å². The molecule has 1 aromatic carbocycles. The van der Waals surface area contributed by atoms with Crippen molar-refractivity contribution in [1.29, 1.82) is 0 Å². The van der Waals surface area contributed by atoms with Gasteiger partial charge in [-0.1, -0.05) is 12.1 Å². The van der Waals surface area contributed by atoms with Gasteiger partial charge in [-0.3, -0.25) is 14.9 Å². The van der Waals surface area contributed by atoms with Crippen LogP contribution >= 0.6 is 0 Å². The summed E-state index contributed by atoms with van der Waals surface area (Å²) in [6.45, 7) is 2.02. The van der Waals surface area contributed by atoms with Gasteiger partial charge in [0.05, 0.1) is 4.92 Å². The fraction of sp³-hybridized carbons (Fsp3) is 0.500. The minimum atomic E-state index is -0.484. The van der Waals surface area contributed by atoms with Crippen molar-refractivity contribution < 1.29 is 9.72 Å². The van der Waals surface area contributed by atoms with Crippen LogP contribution in [0, 0.1) is 16.0 Å². The lowest BCUT2D eigenvalue weighted by Crippen LogP contribution is -2.28. The predicted molar refractivity (Wildman–Crippen MR) is 76.6 cm³/mol. The summed E-state index contributed by atoms with van der Waals surface area (Å²) in [5, 5.41) is 16.8. The van der Waals surface area contributed by atoms with Crippen molar-refractivity contribution in [2.75, 3.05) is 18.4 Å². The molecule has 0 bridgehead atoms. The van der Waals surface area contributed by atoms with Crippen LogP contribution < -0.4 is 10.6 Å². The summed E-state index contributed by atoms with van der Waals surface area (Å²) in [4.78, 5) is 22.3. The first-order valence-electron chi connectivity index (χ1n) is 6.91. The zero-order chi connectivity index (χ0) is 14.4. The number of piperidine rings is 1. The largest absolute Gasteiger partial charge is 0.320 e. The van der Waals surface area contributed by atoms with Crippen LogP contribution in [0.3, 0.4) is 0 Å². The topological polar surface area (TPSA) is 84.3 Å². The van der Waals surface area contributed by atoms with E-state index < -0.39 is 4.92 Å². The molecule has 20 heavy (non-hydrogen) atoms. The van der Waals surface area contributed by atoms with E-state index in [1.807, 2.05) is 0 Å². The maximum absolute atomic E-state index is 11.9. The zero-order valence-corrected chi connectivity index (χ0v) is 11.3. The van der Waals surface area contributed by atoms with Crippen LogP contribution in [0.2, 0.25) is 0 Å². The van der Waals surface area contributed by atoms with Crippen molar-refractivity contribution in [3.63, 3.8) is 0 Å². The number of benzene rings is 1. The number of rotatable bonds is 5. The van der Waals surface area contributed by atoms with Gasteiger partial charge in [-0.25, -0.2) is 0 Å². The van der Waals surface area contributed by atoms with E-state index in [1.165, 1.54) is 6.07 Å². The normalized spacial score (nSPS) is 15.8. The Kier molecular flexibility index (Phi) is 5.06. The maximum atomic E-state index is 11.9. The molecule has 0 spiro atoms. The smallest absolute Gasteiger partial charge is 0.292 e. The quantitative estimate of drug-likeness (QED) is 0.639. The van der Waals surface area contributed by atoms with Gasteiger partial charge in [-0.15, -0.1) is 0 Å². The molecule has 0 atom stereocenters. The molecule has 6 heteroatoms. The Bertz CT molecular complexity index is 484. The highest BCUT2D eigenvalue weighted by molar-refractivity contribution is 5.92. The molecular formula is C14H19N3O3. The Balaban J connectivity index is 1.86. The van der Waals surface area contributed by atoms with Gasteiger partial charge in [0.25, 0.3) is 5.69 Å². The van der Waals surface area contributed by atoms with Gasteiger partial charge in [0.15, 0.2) is 0 Å². The average molecular weight is 277 g/mol. The van der Waals surface area contributed by atoms with Crippen molar-refractivity contribution in [2.45, 2.75) is 25.7 Å². The highest BCUT2D eigenvalue weighted by Crippen LogP contribution is 2.24. The molecule has 1 amide bonds. The lowest BCUT2D eigenvalue weighted by molar-refractivity contribution is -0.383. The summed E-state index contributed by atoms with van der Waals surface area (Å²) in [7, 11) is 0. The van der Waals surface area contributed by atoms with E-state index in [0.717, 1.165) is 32.4 Å². The highest BCUT2D eigenvalue weighted by atomic mass is 16.6. The van der Waals surface area contributed by atoms with Crippen LogP contribution in [0.4, 0.5) is 11.4 Å². The first kappa shape index (κ1) is 14.5. The molecular weight excluding hydrogens is 258 g/mol. The van der Waals surface area contributed by atoms with Crippen LogP contribution in [-0.4, -0.2) is 23.9 Å². The lowest BCUT2D eigenvalue weighted by Gasteiger charge is -2.22. The summed E-state index contributed by atoms with van der Waals surface area (Å²) in [6.07, 6.45) is 3.45. The van der Waals surface area contributed by atoms with Crippen LogP contribution in [0.1, 0.15) is 25.7 Å². The number of nitro benzene ring substituents is 1. The van der Waals surface area contributed by atoms with Crippen molar-refractivity contribution in [3.8, 4) is 0 Å². The molecule has 1 aromatic rings. The van der Waals surface area contributed by atoms with E-state index in [4.69, 9.17) is 0 Å². The first-order chi connectivity index (χ1) is 9.66. The third-order valence-corrected chi connectivity index (χ3v) is 3.61. The van der Waals surface area contributed by atoms with Crippen LogP contribution in [0.15, 0.2) is 24.3 Å². The second kappa shape index (κ2) is 7.00. The molecule has 0 saturated carbocycles. The molecule has 1 aliphatic heterocycles. The summed E-state index contributed by atoms with van der Waals surface area (Å²) in [5.41, 5.74) is 0.204. The van der Waals surface area contributed by atoms with Gasteiger partial charge < -0.3 is 10.6 Å². The molecule has 2 rings (SSSR count). The number of para-hydroxylation sites is 2. The second-order valence-electron chi connectivity index (χ2n) is 5.05. The summed E-state index contributed by atoms with van der Waals surface area (Å²) < 4.78 is 0. The van der Waals surface area contributed by atoms with Crippen molar-refractivity contribution in [3.05, 3.63) is 34.4 Å². The van der Waals surface area contributed by atoms with Crippen molar-refractivity contribution >= 4 is 17.3 Å². The number of anilines is 1. The number of amides is 1. The third-order valence-electron chi connectivity index (χ3n) is 3.61. The standard InChI is InChI=1S/C14H19N3O3/c18-14(6-5-11-7-9-15-10-8-11)16-12-3-1-2-4-13(12)17(19)20/h1-4,11,15H,5-10H2,(H,16,18). The van der Waals surface area contributed by atoms with Gasteiger partial charge in [-0.05, 0) is 44.3 Å². The van der Waals surface area contributed by atoms with Crippen molar-refractivity contribution in [2.24, 2.45) is 5.92 Å². The molecule has 6 nitrogen and oxygen atoms in total. The van der Waals surface area contributed by atoms with E-state index in [-0.39, 0.29) is 17.3 Å². The zero-order valence-electron chi connectivity index (χ0n) is 11.3. The van der Waals surface area contributed by atoms with Gasteiger partial charge in [-0.2, -0.15) is 0 Å². The van der Waals surface area contributed by atoms with Gasteiger partial charge >= 0.3 is 0 Å². The third kappa shape index (κ3) is 4.03. The minimum Gasteiger partial charge on any atom is -0.320 e. The molecule has 108 valence electrons. The molecule has 1 fully saturated rings. The second-order valence-corrected chi connectivity index (χ2v) is 5.05. The Labute approximate surface area is 117 Å². The summed E-state index contributed by atoms with van der Waals surface area (Å²) in [6, 6.07) is 6.21. The Hall–Kier alpha value is -1.95. The predicted octanol–water partition coefficient (Wildman–Crippen LogP) is 2.31. The Morgan fingerprint density at radius 2 is 2.05 bits per heavy atom. The number of carbonyl (C=O) groups is 1. The fourth-order valence-corrected chi connectivity index (χ4v) is 2.46. The summed E-state index contributed by atoms with van der Waals surface area (Å²) in [5.74, 6) is 0.422. The fourth-order valence-electron chi connectivity index (χ4n) is 2.46. The maximum Gasteiger partial charge on any atom is 0.292 e. The van der Waals surface area contributed by atoms with Crippen molar-refractivity contribution in [1.82, 2.24) is 5.32 Å². The molecule has 2 N–H and O–H groups in total. The van der Waals surface area contributed by atoms with Crippen LogP contribution in [0.5, 0.6) is 0 Å². The molecule has 1 heterocycles. The summed E-state index contributed by atoms with van der Waals surface area (Å²) >= 11 is 0. The number of hydrogen-bond acceptors (Lipinski definition) is 4. The van der Waals surface area contributed by atoms with E-state index in [2.05, 4.69) is 10.6 Å². The Morgan fingerprint density at radius 3 is 2.75 bits per heavy atom. The Morgan fingerprint density at radius 1 is 1.35 bits per heavy atom. The number of nitrogens with zero attached hydrogens (tertiary/aromatic N) is 1. The molecule has 1 saturated heterocycles. The van der Waals surface area contributed by atoms with E-state index in [1.54, 1.807) is 18.2 Å². The first-order valence-corrected chi connectivity index (χ1v) is 6.91. The number of nitrogens with one attached hydrogen (secondary N) is 2. The molecule has 0 unspecified atom stereocenters. The molecule has 1 aliphatic rings. The van der Waals surface area contributed by atoms with Gasteiger partial charge in [0.2, 0.25) is 5.91 Å². The minimum absolute atomic E-state index is 0.0669. The number of carbonyl (C=O) groups excluding carboxylic acids is 1.